The zero-order chi connectivity index (χ0) is 14.5. The molecule has 2 rings (SSSR count). The summed E-state index contributed by atoms with van der Waals surface area (Å²) < 4.78 is 5.01. The molecular weight excluding hydrogens is 264 g/mol. The van der Waals surface area contributed by atoms with Gasteiger partial charge in [-0.1, -0.05) is 30.3 Å². The van der Waals surface area contributed by atoms with Crippen molar-refractivity contribution in [3.8, 4) is 0 Å². The molecule has 1 aromatic rings. The second-order valence-electron chi connectivity index (χ2n) is 4.57. The van der Waals surface area contributed by atoms with E-state index >= 15 is 0 Å². The Labute approximate surface area is 115 Å². The third-order valence-corrected chi connectivity index (χ3v) is 3.08. The van der Waals surface area contributed by atoms with Gasteiger partial charge in [0, 0.05) is 6.54 Å². The van der Waals surface area contributed by atoms with Gasteiger partial charge in [-0.3, -0.25) is 0 Å². The SMILES string of the molecule is O=C(N[C@@H]1CN(C(=O)O)C[C@H]1O)OCc1ccccc1. The number of aliphatic hydroxyl groups excluding tert-OH is 1. The first-order chi connectivity index (χ1) is 9.56. The molecular formula is C13H16N2O5. The topological polar surface area (TPSA) is 99.1 Å². The van der Waals surface area contributed by atoms with E-state index in [0.717, 1.165) is 10.5 Å². The van der Waals surface area contributed by atoms with Crippen LogP contribution in [0.1, 0.15) is 5.56 Å². The Bertz CT molecular complexity index is 479. The van der Waals surface area contributed by atoms with Gasteiger partial charge >= 0.3 is 12.2 Å². The first-order valence-electron chi connectivity index (χ1n) is 6.19. The van der Waals surface area contributed by atoms with E-state index < -0.39 is 24.3 Å². The Morgan fingerprint density at radius 1 is 1.30 bits per heavy atom. The average Bonchev–Trinajstić information content (AvgIpc) is 2.79. The molecule has 2 atom stereocenters. The summed E-state index contributed by atoms with van der Waals surface area (Å²) in [4.78, 5) is 23.4. The number of nitrogens with one attached hydrogen (secondary N) is 1. The highest BCUT2D eigenvalue weighted by atomic mass is 16.5. The number of rotatable bonds is 3. The van der Waals surface area contributed by atoms with Crippen LogP contribution in [0.5, 0.6) is 0 Å². The number of hydrogen-bond donors (Lipinski definition) is 3. The van der Waals surface area contributed by atoms with Gasteiger partial charge in [-0.25, -0.2) is 9.59 Å². The summed E-state index contributed by atoms with van der Waals surface area (Å²) in [6, 6.07) is 8.53. The summed E-state index contributed by atoms with van der Waals surface area (Å²) in [6.07, 6.45) is -2.72. The number of β-amino-alcohol motifs (C(OH)–C–C–N with tert-alkyl or cyclic N) is 1. The van der Waals surface area contributed by atoms with E-state index in [9.17, 15) is 14.7 Å². The molecule has 0 spiro atoms. The van der Waals surface area contributed by atoms with E-state index in [4.69, 9.17) is 9.84 Å². The number of hydrogen-bond acceptors (Lipinski definition) is 4. The molecule has 1 saturated heterocycles. The molecule has 0 saturated carbocycles. The fraction of sp³-hybridized carbons (Fsp3) is 0.385. The van der Waals surface area contributed by atoms with E-state index in [1.165, 1.54) is 0 Å². The molecule has 0 aromatic heterocycles. The van der Waals surface area contributed by atoms with E-state index in [1.807, 2.05) is 30.3 Å². The van der Waals surface area contributed by atoms with Gasteiger partial charge in [-0.2, -0.15) is 0 Å². The molecule has 0 aliphatic carbocycles. The Balaban J connectivity index is 1.79. The summed E-state index contributed by atoms with van der Waals surface area (Å²) >= 11 is 0. The van der Waals surface area contributed by atoms with Gasteiger partial charge in [-0.05, 0) is 5.56 Å². The Kier molecular flexibility index (Phi) is 4.41. The number of ether oxygens (including phenoxy) is 1. The monoisotopic (exact) mass is 280 g/mol. The Hall–Kier alpha value is -2.28. The molecule has 1 aliphatic rings. The van der Waals surface area contributed by atoms with Crippen molar-refractivity contribution in [3.05, 3.63) is 35.9 Å². The first-order valence-corrected chi connectivity index (χ1v) is 6.19. The molecule has 0 bridgehead atoms. The highest BCUT2D eigenvalue weighted by molar-refractivity contribution is 5.69. The van der Waals surface area contributed by atoms with Crippen LogP contribution in [0.25, 0.3) is 0 Å². The molecule has 108 valence electrons. The third kappa shape index (κ3) is 3.61. The fourth-order valence-corrected chi connectivity index (χ4v) is 2.00. The quantitative estimate of drug-likeness (QED) is 0.754. The van der Waals surface area contributed by atoms with Crippen molar-refractivity contribution in [1.29, 1.82) is 0 Å². The summed E-state index contributed by atoms with van der Waals surface area (Å²) in [7, 11) is 0. The van der Waals surface area contributed by atoms with Crippen molar-refractivity contribution in [2.45, 2.75) is 18.8 Å². The number of likely N-dealkylation sites (tertiary alicyclic amines) is 1. The predicted molar refractivity (Wildman–Crippen MR) is 69.2 cm³/mol. The zero-order valence-electron chi connectivity index (χ0n) is 10.7. The molecule has 2 amide bonds. The van der Waals surface area contributed by atoms with Crippen molar-refractivity contribution in [1.82, 2.24) is 10.2 Å². The minimum absolute atomic E-state index is 0.0149. The van der Waals surface area contributed by atoms with Gasteiger partial charge in [0.2, 0.25) is 0 Å². The van der Waals surface area contributed by atoms with E-state index in [-0.39, 0.29) is 19.7 Å². The van der Waals surface area contributed by atoms with Crippen molar-refractivity contribution in [2.75, 3.05) is 13.1 Å². The number of carbonyl (C=O) groups is 2. The molecule has 1 fully saturated rings. The van der Waals surface area contributed by atoms with Crippen molar-refractivity contribution < 1.29 is 24.5 Å². The van der Waals surface area contributed by atoms with Crippen molar-refractivity contribution >= 4 is 12.2 Å². The van der Waals surface area contributed by atoms with Crippen LogP contribution in [0.2, 0.25) is 0 Å². The molecule has 20 heavy (non-hydrogen) atoms. The first kappa shape index (κ1) is 14.1. The normalized spacial score (nSPS) is 21.6. The van der Waals surface area contributed by atoms with E-state index in [0.29, 0.717) is 0 Å². The lowest BCUT2D eigenvalue weighted by atomic mass is 10.2. The summed E-state index contributed by atoms with van der Waals surface area (Å²) in [5, 5.41) is 20.9. The largest absolute Gasteiger partial charge is 0.465 e. The molecule has 1 aromatic carbocycles. The van der Waals surface area contributed by atoms with Crippen LogP contribution in [-0.2, 0) is 11.3 Å². The Morgan fingerprint density at radius 3 is 2.60 bits per heavy atom. The number of aliphatic hydroxyl groups is 1. The lowest BCUT2D eigenvalue weighted by Crippen LogP contribution is -2.43. The summed E-state index contributed by atoms with van der Waals surface area (Å²) in [6.45, 7) is 0.161. The molecule has 7 heteroatoms. The standard InChI is InChI=1S/C13H16N2O5/c16-11-7-15(13(18)19)6-10(11)14-12(17)20-8-9-4-2-1-3-5-9/h1-5,10-11,16H,6-8H2,(H,14,17)(H,18,19)/t10-,11-/m1/s1. The van der Waals surface area contributed by atoms with Crippen LogP contribution in [0.15, 0.2) is 30.3 Å². The van der Waals surface area contributed by atoms with Crippen LogP contribution >= 0.6 is 0 Å². The van der Waals surface area contributed by atoms with Crippen LogP contribution in [0.4, 0.5) is 9.59 Å². The lowest BCUT2D eigenvalue weighted by molar-refractivity contribution is 0.117. The number of alkyl carbamates (subject to hydrolysis) is 1. The predicted octanol–water partition coefficient (Wildman–Crippen LogP) is 0.636. The highest BCUT2D eigenvalue weighted by Crippen LogP contribution is 2.10. The second kappa shape index (κ2) is 6.25. The molecule has 7 nitrogen and oxygen atoms in total. The number of nitrogens with zero attached hydrogens (tertiary/aromatic N) is 1. The van der Waals surface area contributed by atoms with Crippen LogP contribution in [0.3, 0.4) is 0 Å². The third-order valence-electron chi connectivity index (χ3n) is 3.08. The zero-order valence-corrected chi connectivity index (χ0v) is 10.7. The van der Waals surface area contributed by atoms with Crippen molar-refractivity contribution in [2.24, 2.45) is 0 Å². The lowest BCUT2D eigenvalue weighted by Gasteiger charge is -2.15. The maximum Gasteiger partial charge on any atom is 0.407 e. The van der Waals surface area contributed by atoms with Gasteiger partial charge in [0.1, 0.15) is 6.61 Å². The van der Waals surface area contributed by atoms with Crippen LogP contribution in [-0.4, -0.2) is 52.5 Å². The fourth-order valence-electron chi connectivity index (χ4n) is 2.00. The van der Waals surface area contributed by atoms with Crippen LogP contribution < -0.4 is 5.32 Å². The number of benzene rings is 1. The number of carboxylic acid groups (broad SMARTS) is 1. The Morgan fingerprint density at radius 2 is 2.00 bits per heavy atom. The highest BCUT2D eigenvalue weighted by Gasteiger charge is 2.35. The number of carbonyl (C=O) groups excluding carboxylic acids is 1. The van der Waals surface area contributed by atoms with Gasteiger partial charge in [0.25, 0.3) is 0 Å². The van der Waals surface area contributed by atoms with Gasteiger partial charge in [0.15, 0.2) is 0 Å². The minimum atomic E-state index is -1.12. The van der Waals surface area contributed by atoms with Gasteiger partial charge in [-0.15, -0.1) is 0 Å². The maximum absolute atomic E-state index is 11.6. The minimum Gasteiger partial charge on any atom is -0.465 e. The van der Waals surface area contributed by atoms with Gasteiger partial charge < -0.3 is 25.2 Å². The average molecular weight is 280 g/mol. The van der Waals surface area contributed by atoms with Crippen LogP contribution in [0, 0.1) is 0 Å². The molecule has 0 radical (unpaired) electrons. The second-order valence-corrected chi connectivity index (χ2v) is 4.57. The van der Waals surface area contributed by atoms with E-state index in [2.05, 4.69) is 5.32 Å². The molecule has 1 aliphatic heterocycles. The summed E-state index contributed by atoms with van der Waals surface area (Å²) in [5.41, 5.74) is 0.849. The van der Waals surface area contributed by atoms with Gasteiger partial charge in [0.05, 0.1) is 18.7 Å². The number of amides is 2. The maximum atomic E-state index is 11.6. The smallest absolute Gasteiger partial charge is 0.407 e. The van der Waals surface area contributed by atoms with Crippen molar-refractivity contribution in [3.63, 3.8) is 0 Å². The molecule has 3 N–H and O–H groups in total. The van der Waals surface area contributed by atoms with E-state index in [1.54, 1.807) is 0 Å². The molecule has 1 heterocycles. The molecule has 0 unspecified atom stereocenters. The summed E-state index contributed by atoms with van der Waals surface area (Å²) in [5.74, 6) is 0.